The Morgan fingerprint density at radius 2 is 1.23 bits per heavy atom. The van der Waals surface area contributed by atoms with Crippen molar-refractivity contribution in [1.29, 1.82) is 0 Å². The second-order valence-corrected chi connectivity index (χ2v) is 15.4. The Hall–Kier alpha value is -5.08. The third-order valence-corrected chi connectivity index (χ3v) is 10.4. The van der Waals surface area contributed by atoms with E-state index in [0.29, 0.717) is 0 Å². The molecular weight excluding hydrogens is 569 g/mol. The Kier molecular flexibility index (Phi) is 5.97. The van der Waals surface area contributed by atoms with Gasteiger partial charge in [0.05, 0.1) is 22.1 Å². The highest BCUT2D eigenvalue weighted by atomic mass is 15.0. The molecule has 8 aromatic rings. The second kappa shape index (κ2) is 9.96. The molecule has 0 bridgehead atoms. The molecule has 0 atom stereocenters. The summed E-state index contributed by atoms with van der Waals surface area (Å²) in [5.41, 5.74) is 14.7. The maximum atomic E-state index is 2.57. The average Bonchev–Trinajstić information content (AvgIpc) is 3.55. The summed E-state index contributed by atoms with van der Waals surface area (Å²) in [4.78, 5) is 0. The molecule has 0 amide bonds. The lowest BCUT2D eigenvalue weighted by Gasteiger charge is -2.33. The van der Waals surface area contributed by atoms with Crippen LogP contribution in [0.15, 0.2) is 127 Å². The number of aromatic nitrogens is 2. The van der Waals surface area contributed by atoms with Gasteiger partial charge in [-0.1, -0.05) is 120 Å². The van der Waals surface area contributed by atoms with E-state index in [0.717, 1.165) is 13.0 Å². The van der Waals surface area contributed by atoms with Crippen molar-refractivity contribution in [1.82, 2.24) is 9.13 Å². The molecule has 6 aromatic carbocycles. The van der Waals surface area contributed by atoms with Gasteiger partial charge in [-0.15, -0.1) is 0 Å². The Morgan fingerprint density at radius 3 is 2.02 bits per heavy atom. The van der Waals surface area contributed by atoms with E-state index < -0.39 is 0 Å². The molecule has 0 radical (unpaired) electrons. The number of fused-ring (bicyclic) bond motifs is 8. The maximum Gasteiger partial charge on any atom is 0.0574 e. The molecule has 47 heavy (non-hydrogen) atoms. The van der Waals surface area contributed by atoms with E-state index in [9.17, 15) is 0 Å². The van der Waals surface area contributed by atoms with E-state index in [1.54, 1.807) is 0 Å². The van der Waals surface area contributed by atoms with Crippen LogP contribution in [0.25, 0.3) is 71.6 Å². The van der Waals surface area contributed by atoms with Crippen LogP contribution in [0.4, 0.5) is 0 Å². The summed E-state index contributed by atoms with van der Waals surface area (Å²) in [6.07, 6.45) is 1.14. The topological polar surface area (TPSA) is 9.86 Å². The molecule has 0 aliphatic carbocycles. The zero-order valence-electron chi connectivity index (χ0n) is 27.9. The van der Waals surface area contributed by atoms with E-state index in [1.807, 2.05) is 0 Å². The van der Waals surface area contributed by atoms with E-state index in [1.165, 1.54) is 82.7 Å². The molecule has 0 N–H and O–H groups in total. The molecule has 0 saturated heterocycles. The number of hydrogen-bond acceptors (Lipinski definition) is 0. The predicted octanol–water partition coefficient (Wildman–Crippen LogP) is 12.3. The molecule has 0 unspecified atom stereocenters. The van der Waals surface area contributed by atoms with Crippen LogP contribution in [-0.4, -0.2) is 9.13 Å². The molecule has 9 rings (SSSR count). The van der Waals surface area contributed by atoms with E-state index >= 15 is 0 Å². The van der Waals surface area contributed by atoms with Crippen molar-refractivity contribution in [3.8, 4) is 27.9 Å². The van der Waals surface area contributed by atoms with Gasteiger partial charge < -0.3 is 9.13 Å². The molecule has 2 nitrogen and oxygen atoms in total. The van der Waals surface area contributed by atoms with Crippen LogP contribution >= 0.6 is 0 Å². The summed E-state index contributed by atoms with van der Waals surface area (Å²) in [6, 6.07) is 47.8. The Labute approximate surface area is 276 Å². The first-order chi connectivity index (χ1) is 22.7. The summed E-state index contributed by atoms with van der Waals surface area (Å²) < 4.78 is 5.00. The van der Waals surface area contributed by atoms with Crippen molar-refractivity contribution in [2.24, 2.45) is 5.41 Å². The fourth-order valence-electron chi connectivity index (χ4n) is 8.72. The zero-order chi connectivity index (χ0) is 32.1. The molecule has 3 heterocycles. The van der Waals surface area contributed by atoms with Crippen molar-refractivity contribution in [3.05, 3.63) is 139 Å². The summed E-state index contributed by atoms with van der Waals surface area (Å²) in [6.45, 7) is 12.6. The molecule has 1 aliphatic rings. The Morgan fingerprint density at radius 1 is 0.532 bits per heavy atom. The van der Waals surface area contributed by atoms with Crippen molar-refractivity contribution < 1.29 is 0 Å². The third-order valence-electron chi connectivity index (χ3n) is 10.4. The fourth-order valence-corrected chi connectivity index (χ4v) is 8.72. The average molecular weight is 609 g/mol. The number of hydrogen-bond donors (Lipinski definition) is 0. The van der Waals surface area contributed by atoms with Gasteiger partial charge in [-0.05, 0) is 87.5 Å². The first-order valence-electron chi connectivity index (χ1n) is 16.9. The molecule has 230 valence electrons. The number of nitrogens with zero attached hydrogens (tertiary/aromatic N) is 2. The molecule has 2 heteroatoms. The number of benzene rings is 6. The minimum absolute atomic E-state index is 0.114. The highest BCUT2D eigenvalue weighted by Crippen LogP contribution is 2.46. The van der Waals surface area contributed by atoms with Crippen molar-refractivity contribution in [3.63, 3.8) is 0 Å². The van der Waals surface area contributed by atoms with Crippen LogP contribution in [0.1, 0.15) is 52.2 Å². The summed E-state index contributed by atoms with van der Waals surface area (Å²) in [5, 5.41) is 5.24. The monoisotopic (exact) mass is 608 g/mol. The van der Waals surface area contributed by atoms with Crippen molar-refractivity contribution >= 4 is 43.6 Å². The van der Waals surface area contributed by atoms with Gasteiger partial charge in [-0.2, -0.15) is 0 Å². The van der Waals surface area contributed by atoms with Crippen LogP contribution in [0.5, 0.6) is 0 Å². The molecule has 1 aliphatic heterocycles. The minimum atomic E-state index is 0.114. The van der Waals surface area contributed by atoms with Gasteiger partial charge in [0.1, 0.15) is 0 Å². The van der Waals surface area contributed by atoms with Gasteiger partial charge in [-0.3, -0.25) is 0 Å². The SMILES string of the molecule is CC(C)(C)CC(C)(C)c1ccc(-c2cc3c4c(c2)c2cc5c6ccccc6n(-c6ccccc6)c5cc2n4Cc2ccccc2-3)cc1. The summed E-state index contributed by atoms with van der Waals surface area (Å²) in [7, 11) is 0. The molecule has 0 spiro atoms. The first-order valence-corrected chi connectivity index (χ1v) is 16.9. The summed E-state index contributed by atoms with van der Waals surface area (Å²) >= 11 is 0. The van der Waals surface area contributed by atoms with Crippen molar-refractivity contribution in [2.75, 3.05) is 0 Å². The smallest absolute Gasteiger partial charge is 0.0574 e. The lowest BCUT2D eigenvalue weighted by molar-refractivity contribution is 0.284. The first kappa shape index (κ1) is 28.2. The largest absolute Gasteiger partial charge is 0.335 e. The summed E-state index contributed by atoms with van der Waals surface area (Å²) in [5.74, 6) is 0. The lowest BCUT2D eigenvalue weighted by atomic mass is 9.72. The molecule has 0 fully saturated rings. The van der Waals surface area contributed by atoms with E-state index in [2.05, 4.69) is 171 Å². The van der Waals surface area contributed by atoms with Crippen LogP contribution in [-0.2, 0) is 12.0 Å². The lowest BCUT2D eigenvalue weighted by Crippen LogP contribution is -2.24. The van der Waals surface area contributed by atoms with Crippen molar-refractivity contribution in [2.45, 2.75) is 53.0 Å². The molecule has 0 saturated carbocycles. The Balaban J connectivity index is 1.31. The van der Waals surface area contributed by atoms with Crippen LogP contribution < -0.4 is 0 Å². The fraction of sp³-hybridized carbons (Fsp3) is 0.200. The number of rotatable bonds is 4. The maximum absolute atomic E-state index is 2.57. The second-order valence-electron chi connectivity index (χ2n) is 15.4. The quantitative estimate of drug-likeness (QED) is 0.188. The molecule has 2 aromatic heterocycles. The highest BCUT2D eigenvalue weighted by Gasteiger charge is 2.28. The Bertz CT molecular complexity index is 2500. The van der Waals surface area contributed by atoms with Gasteiger partial charge in [-0.25, -0.2) is 0 Å². The normalized spacial score (nSPS) is 13.2. The van der Waals surface area contributed by atoms with E-state index in [-0.39, 0.29) is 10.8 Å². The third kappa shape index (κ3) is 4.38. The van der Waals surface area contributed by atoms with Crippen LogP contribution in [0, 0.1) is 5.41 Å². The predicted molar refractivity (Wildman–Crippen MR) is 201 cm³/mol. The highest BCUT2D eigenvalue weighted by molar-refractivity contribution is 6.21. The van der Waals surface area contributed by atoms with Gasteiger partial charge in [0.2, 0.25) is 0 Å². The van der Waals surface area contributed by atoms with Gasteiger partial charge in [0, 0.05) is 39.3 Å². The minimum Gasteiger partial charge on any atom is -0.335 e. The van der Waals surface area contributed by atoms with Crippen LogP contribution in [0.2, 0.25) is 0 Å². The van der Waals surface area contributed by atoms with Crippen LogP contribution in [0.3, 0.4) is 0 Å². The van der Waals surface area contributed by atoms with Gasteiger partial charge >= 0.3 is 0 Å². The number of para-hydroxylation sites is 2. The van der Waals surface area contributed by atoms with Gasteiger partial charge in [0.25, 0.3) is 0 Å². The zero-order valence-corrected chi connectivity index (χ0v) is 27.9. The molecular formula is C45H40N2. The standard InChI is InChI=1S/C45H40N2/c1-44(2,3)28-45(4,5)32-21-19-29(20-22-32)31-23-38-34-16-10-9-13-30(34)27-46-41-26-42-36(25-37(41)39(24-31)43(38)46)35-17-11-12-18-40(35)47(42)33-14-7-6-8-15-33/h6-26H,27-28H2,1-5H3. The van der Waals surface area contributed by atoms with E-state index in [4.69, 9.17) is 0 Å². The van der Waals surface area contributed by atoms with Gasteiger partial charge in [0.15, 0.2) is 0 Å².